The van der Waals surface area contributed by atoms with E-state index in [9.17, 15) is 22.8 Å². The lowest BCUT2D eigenvalue weighted by Gasteiger charge is -2.29. The number of hydrogen-bond donors (Lipinski definition) is 2. The van der Waals surface area contributed by atoms with Gasteiger partial charge in [0, 0.05) is 18.7 Å². The van der Waals surface area contributed by atoms with Gasteiger partial charge in [0.25, 0.3) is 5.91 Å². The van der Waals surface area contributed by atoms with E-state index in [0.29, 0.717) is 25.7 Å². The average Bonchev–Trinajstić information content (AvgIpc) is 3.46. The van der Waals surface area contributed by atoms with Crippen LogP contribution in [0.1, 0.15) is 41.7 Å². The molecule has 2 aliphatic rings. The molecule has 2 unspecified atom stereocenters. The highest BCUT2D eigenvalue weighted by Gasteiger charge is 2.52. The van der Waals surface area contributed by atoms with Crippen LogP contribution in [0.3, 0.4) is 0 Å². The van der Waals surface area contributed by atoms with Crippen molar-refractivity contribution in [2.75, 3.05) is 0 Å². The smallest absolute Gasteiger partial charge is 0.436 e. The van der Waals surface area contributed by atoms with Gasteiger partial charge in [-0.2, -0.15) is 18.3 Å². The largest absolute Gasteiger partial charge is 0.481 e. The van der Waals surface area contributed by atoms with Crippen LogP contribution in [0.4, 0.5) is 13.2 Å². The Balaban J connectivity index is 1.64. The Kier molecular flexibility index (Phi) is 6.32. The molecule has 1 fully saturated rings. The molecule has 1 saturated carbocycles. The van der Waals surface area contributed by atoms with E-state index in [4.69, 9.17) is 33.0 Å². The topological polar surface area (TPSA) is 93.5 Å². The molecule has 2 atom stereocenters. The molecule has 182 valence electrons. The van der Waals surface area contributed by atoms with Gasteiger partial charge in [0.2, 0.25) is 5.88 Å². The van der Waals surface area contributed by atoms with Gasteiger partial charge in [0.05, 0.1) is 16.0 Å². The first-order valence-corrected chi connectivity index (χ1v) is 11.2. The monoisotopic (exact) mass is 517 g/mol. The minimum Gasteiger partial charge on any atom is -0.481 e. The van der Waals surface area contributed by atoms with Gasteiger partial charge in [-0.15, -0.1) is 0 Å². The van der Waals surface area contributed by atoms with Gasteiger partial charge in [0.1, 0.15) is 11.3 Å². The number of rotatable bonds is 6. The minimum absolute atomic E-state index is 0.0798. The van der Waals surface area contributed by atoms with E-state index in [-0.39, 0.29) is 21.7 Å². The summed E-state index contributed by atoms with van der Waals surface area (Å²) < 4.78 is 47.7. The standard InChI is InChI=1S/C22H20Cl2F3N3O4/c1-30-19(34-13-6-7-14(23)15(24)10-13)16(17(29-30)22(25,26)27)18(31)28-21(8-9-21)12-4-2-11(3-5-12)20(32)33/h2,4,6-7,10-12H,3,5,8-9H2,1H3,(H,28,31)(H,32,33). The molecule has 7 nitrogen and oxygen atoms in total. The van der Waals surface area contributed by atoms with Crippen molar-refractivity contribution in [1.29, 1.82) is 0 Å². The molecule has 4 rings (SSSR count). The average molecular weight is 518 g/mol. The van der Waals surface area contributed by atoms with Crippen LogP contribution >= 0.6 is 23.2 Å². The maximum absolute atomic E-state index is 13.8. The second-order valence-electron chi connectivity index (χ2n) is 8.45. The molecule has 2 aromatic rings. The van der Waals surface area contributed by atoms with Crippen LogP contribution in [-0.4, -0.2) is 32.3 Å². The zero-order valence-corrected chi connectivity index (χ0v) is 19.3. The van der Waals surface area contributed by atoms with Crippen LogP contribution in [0.25, 0.3) is 0 Å². The molecule has 2 N–H and O–H groups in total. The molecule has 0 bridgehead atoms. The maximum Gasteiger partial charge on any atom is 0.436 e. The molecule has 1 aromatic heterocycles. The predicted octanol–water partition coefficient (Wildman–Crippen LogP) is 5.47. The first-order chi connectivity index (χ1) is 15.9. The molecular formula is C22H20Cl2F3N3O4. The van der Waals surface area contributed by atoms with Gasteiger partial charge in [0.15, 0.2) is 5.69 Å². The lowest BCUT2D eigenvalue weighted by molar-refractivity contribution is -0.142. The highest BCUT2D eigenvalue weighted by Crippen LogP contribution is 2.48. The lowest BCUT2D eigenvalue weighted by atomic mass is 9.82. The quantitative estimate of drug-likeness (QED) is 0.495. The lowest BCUT2D eigenvalue weighted by Crippen LogP contribution is -2.43. The number of carbonyl (C=O) groups excluding carboxylic acids is 1. The number of amides is 1. The molecular weight excluding hydrogens is 498 g/mol. The number of carboxylic acid groups (broad SMARTS) is 1. The number of ether oxygens (including phenoxy) is 1. The van der Waals surface area contributed by atoms with E-state index in [1.54, 1.807) is 12.2 Å². The predicted molar refractivity (Wildman–Crippen MR) is 117 cm³/mol. The van der Waals surface area contributed by atoms with Crippen molar-refractivity contribution in [3.63, 3.8) is 0 Å². The van der Waals surface area contributed by atoms with Crippen LogP contribution in [0, 0.1) is 11.8 Å². The van der Waals surface area contributed by atoms with Crippen molar-refractivity contribution in [3.8, 4) is 11.6 Å². The Morgan fingerprint density at radius 2 is 1.91 bits per heavy atom. The summed E-state index contributed by atoms with van der Waals surface area (Å²) >= 11 is 11.9. The Bertz CT molecular complexity index is 1170. The van der Waals surface area contributed by atoms with Crippen molar-refractivity contribution in [3.05, 3.63) is 51.7 Å². The van der Waals surface area contributed by atoms with E-state index in [1.807, 2.05) is 0 Å². The number of carbonyl (C=O) groups is 2. The summed E-state index contributed by atoms with van der Waals surface area (Å²) in [5.74, 6) is -3.01. The summed E-state index contributed by atoms with van der Waals surface area (Å²) in [6, 6.07) is 4.14. The third kappa shape index (κ3) is 4.74. The molecule has 12 heteroatoms. The summed E-state index contributed by atoms with van der Waals surface area (Å²) in [5, 5.41) is 15.8. The Morgan fingerprint density at radius 1 is 1.21 bits per heavy atom. The van der Waals surface area contributed by atoms with Crippen molar-refractivity contribution in [2.45, 2.75) is 37.4 Å². The molecule has 0 spiro atoms. The van der Waals surface area contributed by atoms with E-state index >= 15 is 0 Å². The van der Waals surface area contributed by atoms with Gasteiger partial charge in [-0.1, -0.05) is 35.4 Å². The van der Waals surface area contributed by atoms with Gasteiger partial charge in [-0.05, 0) is 43.7 Å². The Morgan fingerprint density at radius 3 is 2.44 bits per heavy atom. The van der Waals surface area contributed by atoms with Gasteiger partial charge in [-0.3, -0.25) is 9.59 Å². The highest BCUT2D eigenvalue weighted by molar-refractivity contribution is 6.42. The SMILES string of the molecule is Cn1nc(C(F)(F)F)c(C(=O)NC2(C3C=CC(C(=O)O)CC3)CC2)c1Oc1ccc(Cl)c(Cl)c1. The highest BCUT2D eigenvalue weighted by atomic mass is 35.5. The number of aromatic nitrogens is 2. The zero-order chi connectivity index (χ0) is 24.8. The Hall–Kier alpha value is -2.72. The van der Waals surface area contributed by atoms with E-state index in [0.717, 1.165) is 4.68 Å². The number of hydrogen-bond acceptors (Lipinski definition) is 4. The number of nitrogens with one attached hydrogen (secondary N) is 1. The third-order valence-corrected chi connectivity index (χ3v) is 6.88. The van der Waals surface area contributed by atoms with E-state index in [2.05, 4.69) is 10.4 Å². The second kappa shape index (κ2) is 8.81. The summed E-state index contributed by atoms with van der Waals surface area (Å²) in [6.07, 6.45) is 0.426. The number of halogens is 5. The normalized spacial score (nSPS) is 21.2. The molecule has 2 aliphatic carbocycles. The second-order valence-corrected chi connectivity index (χ2v) is 9.27. The van der Waals surface area contributed by atoms with Crippen LogP contribution in [0.15, 0.2) is 30.4 Å². The third-order valence-electron chi connectivity index (χ3n) is 6.14. The van der Waals surface area contributed by atoms with Crippen molar-refractivity contribution in [1.82, 2.24) is 15.1 Å². The fraction of sp³-hybridized carbons (Fsp3) is 0.409. The van der Waals surface area contributed by atoms with Crippen LogP contribution in [0.5, 0.6) is 11.6 Å². The maximum atomic E-state index is 13.8. The fourth-order valence-corrected chi connectivity index (χ4v) is 4.47. The van der Waals surface area contributed by atoms with Crippen LogP contribution in [0.2, 0.25) is 10.0 Å². The van der Waals surface area contributed by atoms with E-state index < -0.39 is 46.6 Å². The number of aryl methyl sites for hydroxylation is 1. The number of nitrogens with zero attached hydrogens (tertiary/aromatic N) is 2. The molecule has 0 saturated heterocycles. The van der Waals surface area contributed by atoms with Crippen molar-refractivity contribution < 1.29 is 32.6 Å². The van der Waals surface area contributed by atoms with Gasteiger partial charge in [-0.25, -0.2) is 4.68 Å². The first kappa shape index (κ1) is 24.4. The first-order valence-electron chi connectivity index (χ1n) is 10.4. The van der Waals surface area contributed by atoms with E-state index in [1.165, 1.54) is 25.2 Å². The van der Waals surface area contributed by atoms with Crippen LogP contribution < -0.4 is 10.1 Å². The molecule has 34 heavy (non-hydrogen) atoms. The number of carboxylic acids is 1. The van der Waals surface area contributed by atoms with Crippen molar-refractivity contribution >= 4 is 35.1 Å². The molecule has 0 aliphatic heterocycles. The molecule has 1 aromatic carbocycles. The number of aliphatic carboxylic acids is 1. The summed E-state index contributed by atoms with van der Waals surface area (Å²) in [4.78, 5) is 24.4. The summed E-state index contributed by atoms with van der Waals surface area (Å²) in [5.41, 5.74) is -2.85. The number of alkyl halides is 3. The number of benzene rings is 1. The fourth-order valence-electron chi connectivity index (χ4n) is 4.18. The van der Waals surface area contributed by atoms with Crippen LogP contribution in [-0.2, 0) is 18.0 Å². The summed E-state index contributed by atoms with van der Waals surface area (Å²) in [6.45, 7) is 0. The molecule has 1 heterocycles. The molecule has 0 radical (unpaired) electrons. The van der Waals surface area contributed by atoms with Gasteiger partial charge < -0.3 is 15.2 Å². The van der Waals surface area contributed by atoms with Gasteiger partial charge >= 0.3 is 12.1 Å². The van der Waals surface area contributed by atoms with Crippen molar-refractivity contribution in [2.24, 2.45) is 18.9 Å². The molecule has 1 amide bonds. The zero-order valence-electron chi connectivity index (χ0n) is 17.8. The Labute approximate surface area is 202 Å². The minimum atomic E-state index is -4.90. The summed E-state index contributed by atoms with van der Waals surface area (Å²) in [7, 11) is 1.24.